The van der Waals surface area contributed by atoms with E-state index < -0.39 is 0 Å². The van der Waals surface area contributed by atoms with E-state index >= 15 is 0 Å². The van der Waals surface area contributed by atoms with Gasteiger partial charge in [0.15, 0.2) is 0 Å². The third-order valence-electron chi connectivity index (χ3n) is 2.55. The lowest BCUT2D eigenvalue weighted by Gasteiger charge is -2.17. The molecule has 2 aromatic rings. The van der Waals surface area contributed by atoms with Crippen LogP contribution in [0.25, 0.3) is 0 Å². The van der Waals surface area contributed by atoms with Crippen molar-refractivity contribution in [2.75, 3.05) is 7.05 Å². The van der Waals surface area contributed by atoms with Crippen molar-refractivity contribution < 1.29 is 4.39 Å². The molecule has 1 N–H and O–H groups in total. The molecule has 2 rings (SSSR count). The fraction of sp³-hybridized carbons (Fsp3) is 0.167. The number of rotatable bonds is 3. The summed E-state index contributed by atoms with van der Waals surface area (Å²) < 4.78 is 15.9. The van der Waals surface area contributed by atoms with E-state index in [9.17, 15) is 4.39 Å². The summed E-state index contributed by atoms with van der Waals surface area (Å²) in [6.07, 6.45) is 0. The number of halogens is 4. The number of benzene rings is 1. The zero-order chi connectivity index (χ0) is 13.3. The average Bonchev–Trinajstić information content (AvgIpc) is 2.64. The van der Waals surface area contributed by atoms with Crippen LogP contribution in [-0.2, 0) is 0 Å². The van der Waals surface area contributed by atoms with E-state index in [1.807, 2.05) is 0 Å². The van der Waals surface area contributed by atoms with Crippen molar-refractivity contribution in [1.29, 1.82) is 0 Å². The molecule has 6 heteroatoms. The van der Waals surface area contributed by atoms with Gasteiger partial charge in [-0.2, -0.15) is 0 Å². The summed E-state index contributed by atoms with van der Waals surface area (Å²) >= 11 is 16.7. The van der Waals surface area contributed by atoms with E-state index in [0.717, 1.165) is 10.0 Å². The quantitative estimate of drug-likeness (QED) is 0.778. The number of hydrogen-bond donors (Lipinski definition) is 1. The molecule has 96 valence electrons. The van der Waals surface area contributed by atoms with Gasteiger partial charge in [0.05, 0.1) is 14.7 Å². The molecule has 18 heavy (non-hydrogen) atoms. The van der Waals surface area contributed by atoms with Gasteiger partial charge >= 0.3 is 0 Å². The molecule has 1 atom stereocenters. The molecular weight excluding hydrogens is 360 g/mol. The maximum absolute atomic E-state index is 13.9. The molecule has 1 unspecified atom stereocenters. The van der Waals surface area contributed by atoms with Gasteiger partial charge in [-0.1, -0.05) is 39.1 Å². The third-order valence-corrected chi connectivity index (χ3v) is 4.56. The Morgan fingerprint density at radius 3 is 2.56 bits per heavy atom. The second kappa shape index (κ2) is 5.88. The van der Waals surface area contributed by atoms with Crippen LogP contribution in [0.15, 0.2) is 28.7 Å². The second-order valence-electron chi connectivity index (χ2n) is 3.67. The highest BCUT2D eigenvalue weighted by atomic mass is 79.9. The molecule has 0 radical (unpaired) electrons. The summed E-state index contributed by atoms with van der Waals surface area (Å²) in [6.45, 7) is 0. The monoisotopic (exact) mass is 367 g/mol. The Balaban J connectivity index is 2.51. The maximum Gasteiger partial charge on any atom is 0.128 e. The van der Waals surface area contributed by atoms with Crippen LogP contribution in [0, 0.1) is 5.82 Å². The van der Waals surface area contributed by atoms with E-state index in [2.05, 4.69) is 21.2 Å². The van der Waals surface area contributed by atoms with E-state index in [0.29, 0.717) is 14.2 Å². The molecule has 0 saturated carbocycles. The number of nitrogens with one attached hydrogen (secondary N) is 1. The van der Waals surface area contributed by atoms with Gasteiger partial charge in [-0.15, -0.1) is 11.3 Å². The van der Waals surface area contributed by atoms with Gasteiger partial charge in [0.1, 0.15) is 5.82 Å². The zero-order valence-corrected chi connectivity index (χ0v) is 13.2. The summed E-state index contributed by atoms with van der Waals surface area (Å²) in [5, 5.41) is 3.06. The van der Waals surface area contributed by atoms with Crippen LogP contribution >= 0.6 is 50.5 Å². The van der Waals surface area contributed by atoms with Crippen molar-refractivity contribution in [2.45, 2.75) is 6.04 Å². The highest BCUT2D eigenvalue weighted by Crippen LogP contribution is 2.38. The van der Waals surface area contributed by atoms with E-state index in [1.54, 1.807) is 25.2 Å². The molecule has 0 spiro atoms. The summed E-state index contributed by atoms with van der Waals surface area (Å²) in [4.78, 5) is 0. The van der Waals surface area contributed by atoms with Gasteiger partial charge in [0.25, 0.3) is 0 Å². The van der Waals surface area contributed by atoms with Gasteiger partial charge in [-0.3, -0.25) is 0 Å². The van der Waals surface area contributed by atoms with Gasteiger partial charge < -0.3 is 5.32 Å². The van der Waals surface area contributed by atoms with Crippen molar-refractivity contribution in [3.8, 4) is 0 Å². The lowest BCUT2D eigenvalue weighted by Crippen LogP contribution is -2.18. The molecule has 0 saturated heterocycles. The molecule has 0 aliphatic carbocycles. The van der Waals surface area contributed by atoms with Crippen LogP contribution in [0.3, 0.4) is 0 Å². The molecule has 0 aliphatic heterocycles. The van der Waals surface area contributed by atoms with Gasteiger partial charge in [-0.05, 0) is 31.3 Å². The van der Waals surface area contributed by atoms with Gasteiger partial charge in [-0.25, -0.2) is 4.39 Å². The van der Waals surface area contributed by atoms with E-state index in [4.69, 9.17) is 23.2 Å². The minimum Gasteiger partial charge on any atom is -0.309 e. The number of hydrogen-bond acceptors (Lipinski definition) is 2. The smallest absolute Gasteiger partial charge is 0.128 e. The van der Waals surface area contributed by atoms with Crippen LogP contribution in [0.4, 0.5) is 4.39 Å². The zero-order valence-electron chi connectivity index (χ0n) is 9.31. The van der Waals surface area contributed by atoms with E-state index in [-0.39, 0.29) is 11.9 Å². The first-order chi connectivity index (χ1) is 8.52. The first kappa shape index (κ1) is 14.3. The fourth-order valence-electron chi connectivity index (χ4n) is 1.76. The average molecular weight is 369 g/mol. The lowest BCUT2D eigenvalue weighted by molar-refractivity contribution is 0.576. The molecule has 1 aromatic carbocycles. The normalized spacial score (nSPS) is 12.7. The lowest BCUT2D eigenvalue weighted by atomic mass is 10.0. The minimum atomic E-state index is -0.321. The summed E-state index contributed by atoms with van der Waals surface area (Å²) in [5.74, 6) is -0.282. The van der Waals surface area contributed by atoms with Crippen molar-refractivity contribution in [2.24, 2.45) is 0 Å². The number of thiophene rings is 1. The van der Waals surface area contributed by atoms with Crippen LogP contribution < -0.4 is 5.32 Å². The van der Waals surface area contributed by atoms with Crippen LogP contribution in [0.2, 0.25) is 8.67 Å². The molecule has 0 bridgehead atoms. The predicted octanol–water partition coefficient (Wildman–Crippen LogP) is 5.27. The predicted molar refractivity (Wildman–Crippen MR) is 79.3 cm³/mol. The summed E-state index contributed by atoms with van der Waals surface area (Å²) in [6, 6.07) is 6.26. The van der Waals surface area contributed by atoms with E-state index in [1.165, 1.54) is 17.4 Å². The third kappa shape index (κ3) is 2.89. The fourth-order valence-corrected chi connectivity index (χ4v) is 3.68. The van der Waals surface area contributed by atoms with Gasteiger partial charge in [0.2, 0.25) is 0 Å². The Bertz CT molecular complexity index is 573. The molecule has 1 heterocycles. The van der Waals surface area contributed by atoms with Crippen molar-refractivity contribution in [3.63, 3.8) is 0 Å². The summed E-state index contributed by atoms with van der Waals surface area (Å²) in [7, 11) is 1.76. The van der Waals surface area contributed by atoms with Crippen LogP contribution in [0.5, 0.6) is 0 Å². The van der Waals surface area contributed by atoms with Crippen molar-refractivity contribution in [3.05, 3.63) is 54.4 Å². The largest absolute Gasteiger partial charge is 0.309 e. The SMILES string of the molecule is CNC(c1cc(Br)ccc1F)c1cc(Cl)sc1Cl. The van der Waals surface area contributed by atoms with Crippen molar-refractivity contribution >= 4 is 50.5 Å². The molecular formula is C12H9BrCl2FNS. The van der Waals surface area contributed by atoms with Gasteiger partial charge in [0, 0.05) is 15.6 Å². The first-order valence-electron chi connectivity index (χ1n) is 5.10. The second-order valence-corrected chi connectivity index (χ2v) is 6.87. The Labute approximate surface area is 127 Å². The molecule has 0 amide bonds. The Morgan fingerprint density at radius 1 is 1.28 bits per heavy atom. The highest BCUT2D eigenvalue weighted by molar-refractivity contribution is 9.10. The minimum absolute atomic E-state index is 0.282. The molecule has 1 aromatic heterocycles. The standard InChI is InChI=1S/C12H9BrCl2FNS/c1-17-11(8-5-10(14)18-12(8)15)7-4-6(13)2-3-9(7)16/h2-5,11,17H,1H3. The Morgan fingerprint density at radius 2 is 2.00 bits per heavy atom. The molecule has 0 fully saturated rings. The van der Waals surface area contributed by atoms with Crippen LogP contribution in [0.1, 0.15) is 17.2 Å². The molecule has 0 aliphatic rings. The van der Waals surface area contributed by atoms with Crippen molar-refractivity contribution in [1.82, 2.24) is 5.32 Å². The Kier molecular flexibility index (Phi) is 4.67. The van der Waals surface area contributed by atoms with Crippen LogP contribution in [-0.4, -0.2) is 7.05 Å². The maximum atomic E-state index is 13.9. The summed E-state index contributed by atoms with van der Waals surface area (Å²) in [5.41, 5.74) is 1.31. The first-order valence-corrected chi connectivity index (χ1v) is 7.46. The topological polar surface area (TPSA) is 12.0 Å². The Hall–Kier alpha value is -0.130. The molecule has 1 nitrogen and oxygen atoms in total. The highest BCUT2D eigenvalue weighted by Gasteiger charge is 2.21.